The second-order valence-electron chi connectivity index (χ2n) is 8.89. The molecule has 0 aromatic carbocycles. The lowest BCUT2D eigenvalue weighted by atomic mass is 9.80. The lowest BCUT2D eigenvalue weighted by Gasteiger charge is -2.37. The van der Waals surface area contributed by atoms with Crippen LogP contribution in [0.25, 0.3) is 0 Å². The molecule has 25 heavy (non-hydrogen) atoms. The number of thioether (sulfide) groups is 1. The van der Waals surface area contributed by atoms with Gasteiger partial charge in [0.1, 0.15) is 0 Å². The van der Waals surface area contributed by atoms with Crippen LogP contribution in [0.1, 0.15) is 79.1 Å². The molecule has 0 spiro atoms. The van der Waals surface area contributed by atoms with Crippen molar-refractivity contribution in [1.29, 1.82) is 0 Å². The molecule has 2 atom stereocenters. The summed E-state index contributed by atoms with van der Waals surface area (Å²) >= 11 is 6.81. The zero-order valence-electron chi connectivity index (χ0n) is 16.3. The Morgan fingerprint density at radius 1 is 0.920 bits per heavy atom. The predicted octanol–water partition coefficient (Wildman–Crippen LogP) is 5.54. The van der Waals surface area contributed by atoms with E-state index in [-0.39, 0.29) is 28.2 Å². The van der Waals surface area contributed by atoms with E-state index in [0.717, 1.165) is 49.5 Å². The van der Waals surface area contributed by atoms with E-state index in [2.05, 4.69) is 27.7 Å². The van der Waals surface area contributed by atoms with Gasteiger partial charge in [-0.2, -0.15) is 0 Å². The van der Waals surface area contributed by atoms with Crippen molar-refractivity contribution in [3.05, 3.63) is 0 Å². The zero-order chi connectivity index (χ0) is 18.5. The smallest absolute Gasteiger partial charge is 0.194 e. The van der Waals surface area contributed by atoms with Crippen LogP contribution in [0, 0.1) is 10.8 Å². The van der Waals surface area contributed by atoms with Crippen LogP contribution in [0.5, 0.6) is 0 Å². The quantitative estimate of drug-likeness (QED) is 0.560. The second kappa shape index (κ2) is 9.29. The van der Waals surface area contributed by atoms with Crippen molar-refractivity contribution in [1.82, 2.24) is 0 Å². The fourth-order valence-corrected chi connectivity index (χ4v) is 5.68. The van der Waals surface area contributed by atoms with E-state index in [0.29, 0.717) is 6.42 Å². The minimum absolute atomic E-state index is 0.00716. The van der Waals surface area contributed by atoms with Crippen molar-refractivity contribution in [2.24, 2.45) is 10.8 Å². The highest BCUT2D eigenvalue weighted by Gasteiger charge is 2.36. The lowest BCUT2D eigenvalue weighted by Crippen LogP contribution is -2.37. The summed E-state index contributed by atoms with van der Waals surface area (Å²) in [6.07, 6.45) is 8.58. The minimum atomic E-state index is -0.123. The average Bonchev–Trinajstić information content (AvgIpc) is 2.55. The van der Waals surface area contributed by atoms with Gasteiger partial charge in [-0.15, -0.1) is 0 Å². The van der Waals surface area contributed by atoms with Crippen molar-refractivity contribution in [3.63, 3.8) is 0 Å². The standard InChI is InChI=1S/C20H34O3S2/c1-19(2,15-9-5-7-11-22-15)13-17(21)25-18(24)14-20(3,4)16-10-6-8-12-23-16/h15-16H,5-14H2,1-4H3. The fourth-order valence-electron chi connectivity index (χ4n) is 3.88. The van der Waals surface area contributed by atoms with Crippen LogP contribution in [0.4, 0.5) is 0 Å². The monoisotopic (exact) mass is 386 g/mol. The summed E-state index contributed by atoms with van der Waals surface area (Å²) in [6, 6.07) is 0. The Kier molecular flexibility index (Phi) is 7.93. The highest BCUT2D eigenvalue weighted by molar-refractivity contribution is 8.32. The fraction of sp³-hybridized carbons (Fsp3) is 0.900. The summed E-state index contributed by atoms with van der Waals surface area (Å²) in [7, 11) is 0. The second-order valence-corrected chi connectivity index (χ2v) is 10.8. The van der Waals surface area contributed by atoms with Crippen molar-refractivity contribution in [2.45, 2.75) is 91.3 Å². The maximum atomic E-state index is 12.6. The summed E-state index contributed by atoms with van der Waals surface area (Å²) in [5, 5.41) is 0.171. The van der Waals surface area contributed by atoms with Gasteiger partial charge in [0.15, 0.2) is 5.12 Å². The molecule has 0 aromatic rings. The van der Waals surface area contributed by atoms with E-state index in [1.54, 1.807) is 0 Å². The molecule has 2 fully saturated rings. The Hall–Kier alpha value is 0.0300. The first-order valence-corrected chi connectivity index (χ1v) is 10.9. The third-order valence-electron chi connectivity index (χ3n) is 5.53. The molecule has 2 saturated heterocycles. The van der Waals surface area contributed by atoms with E-state index < -0.39 is 0 Å². The van der Waals surface area contributed by atoms with Crippen molar-refractivity contribution < 1.29 is 14.3 Å². The Bertz CT molecular complexity index is 420. The topological polar surface area (TPSA) is 35.5 Å². The molecule has 0 saturated carbocycles. The molecule has 0 aliphatic carbocycles. The predicted molar refractivity (Wildman–Crippen MR) is 109 cm³/mol. The summed E-state index contributed by atoms with van der Waals surface area (Å²) in [6.45, 7) is 10.4. The summed E-state index contributed by atoms with van der Waals surface area (Å²) < 4.78 is 12.6. The highest BCUT2D eigenvalue weighted by atomic mass is 32.2. The molecule has 0 N–H and O–H groups in total. The molecule has 2 unspecified atom stereocenters. The Balaban J connectivity index is 1.81. The number of carbonyl (C=O) groups excluding carboxylic acids is 1. The Morgan fingerprint density at radius 2 is 1.40 bits per heavy atom. The average molecular weight is 387 g/mol. The summed E-state index contributed by atoms with van der Waals surface area (Å²) in [4.78, 5) is 12.6. The zero-order valence-corrected chi connectivity index (χ0v) is 17.9. The first-order chi connectivity index (χ1) is 11.7. The normalized spacial score (nSPS) is 25.6. The van der Waals surface area contributed by atoms with Crippen LogP contribution < -0.4 is 0 Å². The number of hydrogen-bond acceptors (Lipinski definition) is 5. The SMILES string of the molecule is CC(C)(CC(=O)SC(=S)CC(C)(C)C1CCCCO1)C1CCCCO1. The number of ether oxygens (including phenoxy) is 2. The molecule has 2 aliphatic rings. The van der Waals surface area contributed by atoms with E-state index >= 15 is 0 Å². The number of carbonyl (C=O) groups is 1. The van der Waals surface area contributed by atoms with Gasteiger partial charge < -0.3 is 9.47 Å². The van der Waals surface area contributed by atoms with Gasteiger partial charge in [0.05, 0.1) is 16.4 Å². The molecule has 2 rings (SSSR count). The van der Waals surface area contributed by atoms with Gasteiger partial charge >= 0.3 is 0 Å². The van der Waals surface area contributed by atoms with Crippen LogP contribution in [0.2, 0.25) is 0 Å². The number of hydrogen-bond donors (Lipinski definition) is 0. The Labute approximate surface area is 163 Å². The third-order valence-corrected chi connectivity index (χ3v) is 6.67. The molecule has 2 aliphatic heterocycles. The molecule has 0 radical (unpaired) electrons. The largest absolute Gasteiger partial charge is 0.378 e. The first-order valence-electron chi connectivity index (χ1n) is 9.67. The van der Waals surface area contributed by atoms with Crippen LogP contribution in [-0.4, -0.2) is 34.7 Å². The van der Waals surface area contributed by atoms with Gasteiger partial charge in [0.25, 0.3) is 0 Å². The van der Waals surface area contributed by atoms with Crippen molar-refractivity contribution in [3.8, 4) is 0 Å². The first kappa shape index (κ1) is 21.3. The maximum absolute atomic E-state index is 12.6. The van der Waals surface area contributed by atoms with Crippen LogP contribution in [-0.2, 0) is 14.3 Å². The summed E-state index contributed by atoms with van der Waals surface area (Å²) in [5.41, 5.74) is -0.130. The third kappa shape index (κ3) is 6.60. The molecule has 5 heteroatoms. The molecular formula is C20H34O3S2. The number of rotatable bonds is 6. The molecule has 3 nitrogen and oxygen atoms in total. The van der Waals surface area contributed by atoms with Crippen LogP contribution in [0.3, 0.4) is 0 Å². The van der Waals surface area contributed by atoms with Gasteiger partial charge in [0, 0.05) is 19.6 Å². The highest BCUT2D eigenvalue weighted by Crippen LogP contribution is 2.38. The van der Waals surface area contributed by atoms with Crippen LogP contribution >= 0.6 is 24.0 Å². The molecule has 2 heterocycles. The number of thiocarbonyl (C=S) groups is 1. The van der Waals surface area contributed by atoms with Crippen LogP contribution in [0.15, 0.2) is 0 Å². The van der Waals surface area contributed by atoms with Gasteiger partial charge in [-0.25, -0.2) is 0 Å². The van der Waals surface area contributed by atoms with Crippen molar-refractivity contribution >= 4 is 33.3 Å². The minimum Gasteiger partial charge on any atom is -0.378 e. The van der Waals surface area contributed by atoms with E-state index in [9.17, 15) is 4.79 Å². The van der Waals surface area contributed by atoms with E-state index in [4.69, 9.17) is 21.7 Å². The summed E-state index contributed by atoms with van der Waals surface area (Å²) in [5.74, 6) is 0. The van der Waals surface area contributed by atoms with Gasteiger partial charge in [0.2, 0.25) is 0 Å². The van der Waals surface area contributed by atoms with Gasteiger partial charge in [-0.1, -0.05) is 39.9 Å². The molecule has 0 amide bonds. The molecule has 0 bridgehead atoms. The van der Waals surface area contributed by atoms with Crippen molar-refractivity contribution in [2.75, 3.05) is 13.2 Å². The molecular weight excluding hydrogens is 352 g/mol. The van der Waals surface area contributed by atoms with E-state index in [1.165, 1.54) is 24.6 Å². The van der Waals surface area contributed by atoms with E-state index in [1.807, 2.05) is 0 Å². The Morgan fingerprint density at radius 3 is 1.84 bits per heavy atom. The van der Waals surface area contributed by atoms with Gasteiger partial charge in [-0.05, 0) is 67.5 Å². The van der Waals surface area contributed by atoms with Gasteiger partial charge in [-0.3, -0.25) is 4.79 Å². The lowest BCUT2D eigenvalue weighted by molar-refractivity contribution is -0.117. The molecule has 0 aromatic heterocycles. The maximum Gasteiger partial charge on any atom is 0.194 e. The molecule has 144 valence electrons.